The van der Waals surface area contributed by atoms with Crippen LogP contribution in [0.1, 0.15) is 19.3 Å². The summed E-state index contributed by atoms with van der Waals surface area (Å²) in [6.45, 7) is 0. The molecule has 0 aliphatic heterocycles. The number of hydrogen-bond acceptors (Lipinski definition) is 2. The molecule has 3 heteroatoms. The maximum atomic E-state index is 10.3. The average Bonchev–Trinajstić information content (AvgIpc) is 2.34. The zero-order valence-electron chi connectivity index (χ0n) is 6.05. The number of halogens is 1. The lowest BCUT2D eigenvalue weighted by Gasteiger charge is -2.12. The third-order valence-corrected chi connectivity index (χ3v) is 2.00. The van der Waals surface area contributed by atoms with Crippen molar-refractivity contribution in [2.45, 2.75) is 25.4 Å². The molecule has 1 aliphatic rings. The summed E-state index contributed by atoms with van der Waals surface area (Å²) >= 11 is 5.05. The Morgan fingerprint density at radius 2 is 2.36 bits per heavy atom. The van der Waals surface area contributed by atoms with Crippen LogP contribution in [0, 0.1) is 18.3 Å². The molecule has 1 rings (SSSR count). The predicted octanol–water partition coefficient (Wildman–Crippen LogP) is 2.16. The summed E-state index contributed by atoms with van der Waals surface area (Å²) in [5, 5.41) is 0. The van der Waals surface area contributed by atoms with Gasteiger partial charge < -0.3 is 4.74 Å². The summed E-state index contributed by atoms with van der Waals surface area (Å²) < 4.78 is 4.80. The van der Waals surface area contributed by atoms with E-state index < -0.39 is 5.43 Å². The van der Waals surface area contributed by atoms with E-state index in [1.807, 2.05) is 0 Å². The van der Waals surface area contributed by atoms with Crippen molar-refractivity contribution in [1.29, 1.82) is 0 Å². The van der Waals surface area contributed by atoms with E-state index in [-0.39, 0.29) is 12.0 Å². The first-order valence-electron chi connectivity index (χ1n) is 3.56. The second kappa shape index (κ2) is 3.64. The maximum absolute atomic E-state index is 10.3. The Morgan fingerprint density at radius 3 is 2.91 bits per heavy atom. The summed E-state index contributed by atoms with van der Waals surface area (Å²) in [4.78, 5) is 10.3. The highest BCUT2D eigenvalue weighted by molar-refractivity contribution is 6.61. The van der Waals surface area contributed by atoms with E-state index in [4.69, 9.17) is 22.8 Å². The zero-order valence-corrected chi connectivity index (χ0v) is 6.80. The smallest absolute Gasteiger partial charge is 0.404 e. The van der Waals surface area contributed by atoms with Gasteiger partial charge in [0.2, 0.25) is 0 Å². The van der Waals surface area contributed by atoms with Gasteiger partial charge in [0, 0.05) is 11.6 Å². The number of ether oxygens (including phenoxy) is 1. The Labute approximate surface area is 70.9 Å². The van der Waals surface area contributed by atoms with Crippen molar-refractivity contribution in [2.75, 3.05) is 0 Å². The van der Waals surface area contributed by atoms with Gasteiger partial charge in [-0.3, -0.25) is 0 Å². The molecule has 0 heterocycles. The van der Waals surface area contributed by atoms with Gasteiger partial charge in [-0.05, 0) is 19.3 Å². The Morgan fingerprint density at radius 1 is 1.64 bits per heavy atom. The largest absolute Gasteiger partial charge is 0.449 e. The van der Waals surface area contributed by atoms with Gasteiger partial charge in [0.25, 0.3) is 0 Å². The molecule has 0 bridgehead atoms. The van der Waals surface area contributed by atoms with E-state index in [1.54, 1.807) is 0 Å². The molecular formula is C8H9ClO2. The second-order valence-electron chi connectivity index (χ2n) is 2.60. The lowest BCUT2D eigenvalue weighted by molar-refractivity contribution is 0.110. The molecule has 0 aromatic rings. The van der Waals surface area contributed by atoms with Crippen molar-refractivity contribution in [3.63, 3.8) is 0 Å². The predicted molar refractivity (Wildman–Crippen MR) is 42.3 cm³/mol. The van der Waals surface area contributed by atoms with Gasteiger partial charge >= 0.3 is 5.43 Å². The molecule has 0 saturated heterocycles. The maximum Gasteiger partial charge on any atom is 0.404 e. The summed E-state index contributed by atoms with van der Waals surface area (Å²) in [6.07, 6.45) is 7.86. The van der Waals surface area contributed by atoms with E-state index in [0.717, 1.165) is 19.3 Å². The van der Waals surface area contributed by atoms with Crippen LogP contribution in [0.5, 0.6) is 0 Å². The molecule has 0 unspecified atom stereocenters. The Bertz CT molecular complexity index is 195. The summed E-state index contributed by atoms with van der Waals surface area (Å²) in [5.41, 5.74) is -0.753. The minimum atomic E-state index is -0.753. The van der Waals surface area contributed by atoms with Crippen molar-refractivity contribution in [3.05, 3.63) is 0 Å². The number of carbonyl (C=O) groups is 1. The molecule has 2 atom stereocenters. The Kier molecular flexibility index (Phi) is 2.78. The molecular weight excluding hydrogens is 164 g/mol. The van der Waals surface area contributed by atoms with Crippen LogP contribution in [0.15, 0.2) is 0 Å². The van der Waals surface area contributed by atoms with E-state index in [0.29, 0.717) is 0 Å². The fraction of sp³-hybridized carbons (Fsp3) is 0.625. The number of rotatable bonds is 1. The van der Waals surface area contributed by atoms with Gasteiger partial charge in [0.1, 0.15) is 6.10 Å². The Hall–Kier alpha value is -0.680. The average molecular weight is 173 g/mol. The highest BCUT2D eigenvalue weighted by Gasteiger charge is 2.28. The fourth-order valence-electron chi connectivity index (χ4n) is 1.38. The second-order valence-corrected chi connectivity index (χ2v) is 2.91. The quantitative estimate of drug-likeness (QED) is 0.448. The lowest BCUT2D eigenvalue weighted by atomic mass is 10.1. The van der Waals surface area contributed by atoms with Crippen LogP contribution in [0.3, 0.4) is 0 Å². The molecule has 1 fully saturated rings. The molecule has 60 valence electrons. The van der Waals surface area contributed by atoms with Crippen LogP contribution < -0.4 is 0 Å². The standard InChI is InChI=1S/C8H9ClO2/c1-2-6-4-3-5-7(6)11-8(9)10/h1,6-7H,3-5H2/t6-,7-/m1/s1. The molecule has 0 spiro atoms. The van der Waals surface area contributed by atoms with Crippen LogP contribution in [0.25, 0.3) is 0 Å². The molecule has 0 radical (unpaired) electrons. The van der Waals surface area contributed by atoms with Crippen molar-refractivity contribution < 1.29 is 9.53 Å². The van der Waals surface area contributed by atoms with Gasteiger partial charge in [-0.25, -0.2) is 4.79 Å². The first-order valence-corrected chi connectivity index (χ1v) is 3.94. The van der Waals surface area contributed by atoms with Crippen LogP contribution in [0.4, 0.5) is 4.79 Å². The minimum absolute atomic E-state index is 0.0673. The summed E-state index contributed by atoms with van der Waals surface area (Å²) in [7, 11) is 0. The normalized spacial score (nSPS) is 29.5. The topological polar surface area (TPSA) is 26.3 Å². The third kappa shape index (κ3) is 2.13. The van der Waals surface area contributed by atoms with Crippen molar-refractivity contribution in [3.8, 4) is 12.3 Å². The van der Waals surface area contributed by atoms with Crippen molar-refractivity contribution >= 4 is 17.0 Å². The van der Waals surface area contributed by atoms with Gasteiger partial charge in [0.05, 0.1) is 5.92 Å². The molecule has 11 heavy (non-hydrogen) atoms. The molecule has 0 aromatic heterocycles. The SMILES string of the molecule is C#C[C@@H]1CCC[C@H]1OC(=O)Cl. The van der Waals surface area contributed by atoms with Gasteiger partial charge in [-0.1, -0.05) is 5.92 Å². The summed E-state index contributed by atoms with van der Waals surface area (Å²) in [6, 6.07) is 0. The highest BCUT2D eigenvalue weighted by atomic mass is 35.5. The molecule has 0 N–H and O–H groups in total. The Balaban J connectivity index is 2.45. The van der Waals surface area contributed by atoms with E-state index in [1.165, 1.54) is 0 Å². The minimum Gasteiger partial charge on any atom is -0.449 e. The molecule has 0 aromatic carbocycles. The molecule has 2 nitrogen and oxygen atoms in total. The molecule has 0 amide bonds. The number of terminal acetylenes is 1. The first-order chi connectivity index (χ1) is 5.24. The van der Waals surface area contributed by atoms with Gasteiger partial charge in [-0.15, -0.1) is 6.42 Å². The third-order valence-electron chi connectivity index (χ3n) is 1.91. The van der Waals surface area contributed by atoms with Crippen LogP contribution in [-0.2, 0) is 4.74 Å². The number of hydrogen-bond donors (Lipinski definition) is 0. The van der Waals surface area contributed by atoms with Gasteiger partial charge in [0.15, 0.2) is 0 Å². The highest BCUT2D eigenvalue weighted by Crippen LogP contribution is 2.27. The van der Waals surface area contributed by atoms with Crippen molar-refractivity contribution in [2.24, 2.45) is 5.92 Å². The van der Waals surface area contributed by atoms with E-state index in [9.17, 15) is 4.79 Å². The van der Waals surface area contributed by atoms with Crippen LogP contribution in [0.2, 0.25) is 0 Å². The lowest BCUT2D eigenvalue weighted by Crippen LogP contribution is -2.17. The van der Waals surface area contributed by atoms with E-state index >= 15 is 0 Å². The van der Waals surface area contributed by atoms with Crippen molar-refractivity contribution in [1.82, 2.24) is 0 Å². The van der Waals surface area contributed by atoms with E-state index in [2.05, 4.69) is 5.92 Å². The monoisotopic (exact) mass is 172 g/mol. The van der Waals surface area contributed by atoms with Gasteiger partial charge in [-0.2, -0.15) is 0 Å². The first kappa shape index (κ1) is 8.42. The molecule has 1 aliphatic carbocycles. The van der Waals surface area contributed by atoms with Crippen LogP contribution >= 0.6 is 11.6 Å². The molecule has 1 saturated carbocycles. The zero-order chi connectivity index (χ0) is 8.27. The number of carbonyl (C=O) groups excluding carboxylic acids is 1. The summed E-state index contributed by atoms with van der Waals surface area (Å²) in [5.74, 6) is 2.65. The fourth-order valence-corrected chi connectivity index (χ4v) is 1.49. The van der Waals surface area contributed by atoms with Crippen LogP contribution in [-0.4, -0.2) is 11.5 Å².